The number of carbonyl (C=O) groups is 8. The van der Waals surface area contributed by atoms with Crippen molar-refractivity contribution in [1.82, 2.24) is 19.8 Å². The SMILES string of the molecule is C.CC(C)(C)OC(=O)NC1CC(=O)OC1=O.CCc1cn(C(=O)OC(C)(C)C)c2ccccc12.COC(=O)C(CC(=O)Cc1cn(C(=O)OC(C)(C)C)c2ccccc12)NC(=O)OC(C)(C)C. The number of Topliss-reactive ketones (excluding diaryl/α,β-unsaturated/α-hetero) is 1. The Morgan fingerprint density at radius 3 is 1.52 bits per heavy atom. The number of cyclic esters (lactones) is 2. The summed E-state index contributed by atoms with van der Waals surface area (Å²) < 4.78 is 32.9. The summed E-state index contributed by atoms with van der Waals surface area (Å²) in [5, 5.41) is 6.48. The molecule has 368 valence electrons. The van der Waals surface area contributed by atoms with E-state index in [1.54, 1.807) is 97.3 Å². The van der Waals surface area contributed by atoms with Crippen LogP contribution in [0.2, 0.25) is 0 Å². The van der Waals surface area contributed by atoms with Gasteiger partial charge in [-0.25, -0.2) is 28.8 Å². The van der Waals surface area contributed by atoms with Gasteiger partial charge in [-0.15, -0.1) is 0 Å². The van der Waals surface area contributed by atoms with E-state index in [2.05, 4.69) is 22.3 Å². The summed E-state index contributed by atoms with van der Waals surface area (Å²) in [4.78, 5) is 94.7. The molecule has 67 heavy (non-hydrogen) atoms. The number of methoxy groups -OCH3 is 1. The maximum atomic E-state index is 12.8. The molecule has 1 fully saturated rings. The van der Waals surface area contributed by atoms with Gasteiger partial charge in [0.25, 0.3) is 0 Å². The fourth-order valence-electron chi connectivity index (χ4n) is 6.18. The molecule has 1 aliphatic heterocycles. The molecule has 0 spiro atoms. The number of hydrogen-bond acceptors (Lipinski definition) is 14. The Kier molecular flexibility index (Phi) is 19.5. The van der Waals surface area contributed by atoms with Gasteiger partial charge >= 0.3 is 42.3 Å². The number of hydrogen-bond donors (Lipinski definition) is 2. The molecule has 2 atom stereocenters. The lowest BCUT2D eigenvalue weighted by molar-refractivity contribution is -0.152. The highest BCUT2D eigenvalue weighted by Crippen LogP contribution is 2.25. The van der Waals surface area contributed by atoms with E-state index < -0.39 is 70.7 Å². The molecule has 2 amide bonds. The van der Waals surface area contributed by atoms with Crippen LogP contribution in [-0.2, 0) is 60.4 Å². The third kappa shape index (κ3) is 18.2. The first kappa shape index (κ1) is 56.4. The van der Waals surface area contributed by atoms with Crippen molar-refractivity contribution >= 4 is 69.9 Å². The number of aromatic nitrogens is 2. The molecule has 0 radical (unpaired) electrons. The second-order valence-corrected chi connectivity index (χ2v) is 19.2. The van der Waals surface area contributed by atoms with Crippen molar-refractivity contribution in [3.63, 3.8) is 0 Å². The van der Waals surface area contributed by atoms with Gasteiger partial charge in [-0.05, 0) is 113 Å². The Morgan fingerprint density at radius 1 is 0.672 bits per heavy atom. The topological polar surface area (TPSA) is 226 Å². The summed E-state index contributed by atoms with van der Waals surface area (Å²) >= 11 is 0. The molecule has 0 bridgehead atoms. The van der Waals surface area contributed by atoms with E-state index in [0.717, 1.165) is 22.9 Å². The van der Waals surface area contributed by atoms with Gasteiger partial charge in [-0.1, -0.05) is 50.7 Å². The van der Waals surface area contributed by atoms with Crippen molar-refractivity contribution in [2.24, 2.45) is 0 Å². The lowest BCUT2D eigenvalue weighted by atomic mass is 10.0. The van der Waals surface area contributed by atoms with Gasteiger partial charge in [0.2, 0.25) is 0 Å². The smallest absolute Gasteiger partial charge is 0.419 e. The standard InChI is InChI=1S/C24H32N2O7.C15H19NO2.C9H13NO5.CH4/c1-23(2,3)32-21(29)25-18(20(28)31-7)13-16(27)12-15-14-26(22(30)33-24(4,5)6)19-11-9-8-10-17(15)19;1-5-11-10-16(14(17)18-15(2,3)4)13-9-7-6-8-12(11)13;1-9(2,3)15-8(13)10-5-4-6(11)14-7(5)12;/h8-11,14,18H,12-13H2,1-7H3,(H,25,29);6-10H,5H2,1-4H3;5H,4H2,1-3H3,(H,10,13);1H4. The maximum Gasteiger partial charge on any atom is 0.419 e. The number of ketones is 1. The van der Waals surface area contributed by atoms with Crippen LogP contribution in [0.5, 0.6) is 0 Å². The first-order valence-electron chi connectivity index (χ1n) is 21.4. The summed E-state index contributed by atoms with van der Waals surface area (Å²) in [6.45, 7) is 23.2. The van der Waals surface area contributed by atoms with Crippen LogP contribution in [0.4, 0.5) is 19.2 Å². The van der Waals surface area contributed by atoms with Crippen molar-refractivity contribution < 1.29 is 66.8 Å². The zero-order valence-corrected chi connectivity index (χ0v) is 40.4. The predicted molar refractivity (Wildman–Crippen MR) is 251 cm³/mol. The molecule has 2 aromatic heterocycles. The van der Waals surface area contributed by atoms with Crippen LogP contribution in [0.1, 0.15) is 121 Å². The number of nitrogens with zero attached hydrogens (tertiary/aromatic N) is 2. The van der Waals surface area contributed by atoms with Gasteiger partial charge in [-0.2, -0.15) is 0 Å². The van der Waals surface area contributed by atoms with Gasteiger partial charge in [0, 0.05) is 36.0 Å². The van der Waals surface area contributed by atoms with Crippen LogP contribution in [0.15, 0.2) is 60.9 Å². The second-order valence-electron chi connectivity index (χ2n) is 19.2. The molecular formula is C49H68N4O14. The van der Waals surface area contributed by atoms with Crippen molar-refractivity contribution in [2.75, 3.05) is 7.11 Å². The second kappa shape index (κ2) is 23.1. The fourth-order valence-corrected chi connectivity index (χ4v) is 6.18. The molecule has 3 heterocycles. The highest BCUT2D eigenvalue weighted by atomic mass is 16.6. The Balaban J connectivity index is 0.000000380. The number of ether oxygens (including phenoxy) is 6. The first-order chi connectivity index (χ1) is 30.4. The van der Waals surface area contributed by atoms with Crippen LogP contribution in [0.3, 0.4) is 0 Å². The molecule has 4 aromatic rings. The number of carbonyl (C=O) groups excluding carboxylic acids is 8. The van der Waals surface area contributed by atoms with Crippen LogP contribution in [0.25, 0.3) is 21.8 Å². The monoisotopic (exact) mass is 936 g/mol. The maximum absolute atomic E-state index is 12.8. The van der Waals surface area contributed by atoms with Gasteiger partial charge in [0.15, 0.2) is 0 Å². The largest absolute Gasteiger partial charge is 0.467 e. The molecule has 2 aromatic carbocycles. The van der Waals surface area contributed by atoms with Crippen molar-refractivity contribution in [1.29, 1.82) is 0 Å². The van der Waals surface area contributed by atoms with Gasteiger partial charge in [0.05, 0.1) is 24.6 Å². The Hall–Kier alpha value is -6.72. The quantitative estimate of drug-likeness (QED) is 0.0956. The highest BCUT2D eigenvalue weighted by Gasteiger charge is 2.36. The lowest BCUT2D eigenvalue weighted by Gasteiger charge is -2.22. The highest BCUT2D eigenvalue weighted by molar-refractivity contribution is 5.99. The Morgan fingerprint density at radius 2 is 1.10 bits per heavy atom. The minimum absolute atomic E-state index is 0. The number of para-hydroxylation sites is 2. The first-order valence-corrected chi connectivity index (χ1v) is 21.4. The molecule has 0 saturated carbocycles. The number of fused-ring (bicyclic) bond motifs is 2. The summed E-state index contributed by atoms with van der Waals surface area (Å²) in [6, 6.07) is 12.9. The Labute approximate surface area is 392 Å². The third-order valence-corrected chi connectivity index (χ3v) is 8.71. The number of alkyl carbamates (subject to hydrolysis) is 2. The number of amides is 2. The summed E-state index contributed by atoms with van der Waals surface area (Å²) in [7, 11) is 1.17. The van der Waals surface area contributed by atoms with E-state index >= 15 is 0 Å². The van der Waals surface area contributed by atoms with Crippen molar-refractivity contribution in [3.8, 4) is 0 Å². The molecule has 2 unspecified atom stereocenters. The van der Waals surface area contributed by atoms with Crippen molar-refractivity contribution in [2.45, 2.75) is 158 Å². The number of aryl methyl sites for hydroxylation is 1. The average Bonchev–Trinajstić information content (AvgIpc) is 3.83. The molecule has 1 aliphatic rings. The van der Waals surface area contributed by atoms with Crippen molar-refractivity contribution in [3.05, 3.63) is 72.1 Å². The molecular weight excluding hydrogens is 869 g/mol. The number of esters is 3. The molecule has 18 nitrogen and oxygen atoms in total. The minimum atomic E-state index is -1.20. The van der Waals surface area contributed by atoms with Gasteiger partial charge in [0.1, 0.15) is 40.3 Å². The van der Waals surface area contributed by atoms with Crippen LogP contribution < -0.4 is 10.6 Å². The predicted octanol–water partition coefficient (Wildman–Crippen LogP) is 8.97. The Bertz CT molecular complexity index is 2420. The average molecular weight is 937 g/mol. The molecule has 0 aliphatic carbocycles. The van der Waals surface area contributed by atoms with E-state index in [9.17, 15) is 38.4 Å². The minimum Gasteiger partial charge on any atom is -0.467 e. The van der Waals surface area contributed by atoms with E-state index in [1.807, 2.05) is 51.2 Å². The fraction of sp³-hybridized carbons (Fsp3) is 0.510. The number of rotatable bonds is 8. The zero-order chi connectivity index (χ0) is 49.9. The zero-order valence-electron chi connectivity index (χ0n) is 40.4. The van der Waals surface area contributed by atoms with E-state index in [-0.39, 0.29) is 38.6 Å². The molecule has 5 rings (SSSR count). The summed E-state index contributed by atoms with van der Waals surface area (Å²) in [6.07, 6.45) is 1.40. The normalized spacial score (nSPS) is 14.1. The molecule has 2 N–H and O–H groups in total. The van der Waals surface area contributed by atoms with E-state index in [0.29, 0.717) is 16.5 Å². The summed E-state index contributed by atoms with van der Waals surface area (Å²) in [5.41, 5.74) is 0.705. The third-order valence-electron chi connectivity index (χ3n) is 8.71. The molecule has 18 heteroatoms. The molecule has 1 saturated heterocycles. The number of nitrogens with one attached hydrogen (secondary N) is 2. The van der Waals surface area contributed by atoms with Crippen LogP contribution in [-0.4, -0.2) is 98.8 Å². The van der Waals surface area contributed by atoms with E-state index in [4.69, 9.17) is 23.7 Å². The van der Waals surface area contributed by atoms with Crippen LogP contribution >= 0.6 is 0 Å². The van der Waals surface area contributed by atoms with E-state index in [1.165, 1.54) is 11.7 Å². The van der Waals surface area contributed by atoms with Crippen LogP contribution in [0, 0.1) is 0 Å². The van der Waals surface area contributed by atoms with Gasteiger partial charge < -0.3 is 39.1 Å². The summed E-state index contributed by atoms with van der Waals surface area (Å²) in [5.74, 6) is -2.47. The van der Waals surface area contributed by atoms with Gasteiger partial charge in [-0.3, -0.25) is 18.7 Å². The number of benzene rings is 2. The lowest BCUT2D eigenvalue weighted by Crippen LogP contribution is -2.45.